The molecule has 0 aliphatic carbocycles. The fraction of sp³-hybridized carbons (Fsp3) is 0.312. The number of esters is 2. The van der Waals surface area contributed by atoms with Crippen LogP contribution in [-0.4, -0.2) is 52.4 Å². The highest BCUT2D eigenvalue weighted by molar-refractivity contribution is 7.18. The zero-order chi connectivity index (χ0) is 20.1. The van der Waals surface area contributed by atoms with Gasteiger partial charge in [0.2, 0.25) is 5.91 Å². The van der Waals surface area contributed by atoms with Gasteiger partial charge in [-0.25, -0.2) is 14.4 Å². The molecule has 27 heavy (non-hydrogen) atoms. The lowest BCUT2D eigenvalue weighted by Gasteiger charge is -2.06. The Morgan fingerprint density at radius 2 is 2.00 bits per heavy atom. The zero-order valence-corrected chi connectivity index (χ0v) is 15.6. The first-order valence-corrected chi connectivity index (χ1v) is 8.54. The Kier molecular flexibility index (Phi) is 6.29. The van der Waals surface area contributed by atoms with Gasteiger partial charge in [-0.1, -0.05) is 0 Å². The number of aromatic nitrogens is 2. The number of hydrogen-bond acceptors (Lipinski definition) is 8. The maximum atomic E-state index is 12.3. The van der Waals surface area contributed by atoms with Gasteiger partial charge in [-0.2, -0.15) is 5.10 Å². The Hall–Kier alpha value is -3.21. The molecule has 0 bridgehead atoms. The molecule has 0 aliphatic heterocycles. The number of nitrogens with one attached hydrogen (secondary N) is 1. The van der Waals surface area contributed by atoms with Gasteiger partial charge in [-0.3, -0.25) is 9.48 Å². The number of anilines is 1. The van der Waals surface area contributed by atoms with E-state index in [0.29, 0.717) is 5.56 Å². The molecular weight excluding hydrogens is 378 g/mol. The SMILES string of the molecule is CCOC(=O)c1sc(NC(=O)Cn2cc(C(=O)O)cn2)c(C(=O)OC)c1C. The quantitative estimate of drug-likeness (QED) is 0.674. The van der Waals surface area contributed by atoms with E-state index in [1.54, 1.807) is 13.8 Å². The van der Waals surface area contributed by atoms with Crippen LogP contribution in [0.2, 0.25) is 0 Å². The molecule has 0 saturated carbocycles. The summed E-state index contributed by atoms with van der Waals surface area (Å²) in [5.74, 6) is -3.04. The summed E-state index contributed by atoms with van der Waals surface area (Å²) >= 11 is 0.896. The predicted octanol–water partition coefficient (Wildman–Crippen LogP) is 1.55. The van der Waals surface area contributed by atoms with Crippen LogP contribution in [0.4, 0.5) is 5.00 Å². The Labute approximate surface area is 157 Å². The van der Waals surface area contributed by atoms with Gasteiger partial charge in [0.15, 0.2) is 0 Å². The standard InChI is InChI=1S/C16H17N3O7S/c1-4-26-16(24)12-8(2)11(15(23)25-3)13(27-12)18-10(20)7-19-6-9(5-17-19)14(21)22/h5-6H,4,7H2,1-3H3,(H,18,20)(H,21,22). The van der Waals surface area contributed by atoms with Crippen LogP contribution in [0.15, 0.2) is 12.4 Å². The van der Waals surface area contributed by atoms with Crippen molar-refractivity contribution in [3.8, 4) is 0 Å². The number of thiophene rings is 1. The van der Waals surface area contributed by atoms with Crippen molar-refractivity contribution in [2.45, 2.75) is 20.4 Å². The van der Waals surface area contributed by atoms with Crippen LogP contribution in [0.3, 0.4) is 0 Å². The summed E-state index contributed by atoms with van der Waals surface area (Å²) in [5.41, 5.74) is 0.341. The molecule has 2 aromatic heterocycles. The second-order valence-corrected chi connectivity index (χ2v) is 6.27. The lowest BCUT2D eigenvalue weighted by atomic mass is 10.1. The maximum Gasteiger partial charge on any atom is 0.348 e. The van der Waals surface area contributed by atoms with Crippen molar-refractivity contribution < 1.29 is 33.8 Å². The minimum Gasteiger partial charge on any atom is -0.478 e. The summed E-state index contributed by atoms with van der Waals surface area (Å²) < 4.78 is 10.8. The number of carboxylic acid groups (broad SMARTS) is 1. The molecular formula is C16H17N3O7S. The van der Waals surface area contributed by atoms with E-state index in [1.807, 2.05) is 0 Å². The highest BCUT2D eigenvalue weighted by atomic mass is 32.1. The van der Waals surface area contributed by atoms with E-state index in [0.717, 1.165) is 22.2 Å². The number of nitrogens with zero attached hydrogens (tertiary/aromatic N) is 2. The fourth-order valence-corrected chi connectivity index (χ4v) is 3.32. The van der Waals surface area contributed by atoms with Crippen molar-refractivity contribution in [1.29, 1.82) is 0 Å². The summed E-state index contributed by atoms with van der Waals surface area (Å²) in [6.07, 6.45) is 2.32. The van der Waals surface area contributed by atoms with E-state index in [1.165, 1.54) is 13.3 Å². The molecule has 2 aromatic rings. The number of carbonyl (C=O) groups excluding carboxylic acids is 3. The third-order valence-corrected chi connectivity index (χ3v) is 4.62. The molecule has 0 fully saturated rings. The van der Waals surface area contributed by atoms with Crippen molar-refractivity contribution in [2.24, 2.45) is 0 Å². The molecule has 0 atom stereocenters. The van der Waals surface area contributed by atoms with E-state index in [4.69, 9.17) is 14.6 Å². The molecule has 2 N–H and O–H groups in total. The van der Waals surface area contributed by atoms with Crippen molar-refractivity contribution >= 4 is 40.2 Å². The monoisotopic (exact) mass is 395 g/mol. The van der Waals surface area contributed by atoms with Crippen LogP contribution in [-0.2, 0) is 20.8 Å². The first-order valence-electron chi connectivity index (χ1n) is 7.72. The second-order valence-electron chi connectivity index (χ2n) is 5.25. The van der Waals surface area contributed by atoms with E-state index in [2.05, 4.69) is 10.4 Å². The number of carboxylic acids is 1. The molecule has 0 saturated heterocycles. The number of carbonyl (C=O) groups is 4. The molecule has 1 amide bonds. The van der Waals surface area contributed by atoms with Gasteiger partial charge >= 0.3 is 17.9 Å². The first kappa shape index (κ1) is 20.1. The zero-order valence-electron chi connectivity index (χ0n) is 14.8. The third-order valence-electron chi connectivity index (χ3n) is 3.44. The second kappa shape index (κ2) is 8.45. The van der Waals surface area contributed by atoms with Gasteiger partial charge in [0.05, 0.1) is 31.0 Å². The summed E-state index contributed by atoms with van der Waals surface area (Å²) in [6, 6.07) is 0. The van der Waals surface area contributed by atoms with E-state index < -0.39 is 23.8 Å². The molecule has 0 aromatic carbocycles. The van der Waals surface area contributed by atoms with E-state index >= 15 is 0 Å². The summed E-state index contributed by atoms with van der Waals surface area (Å²) in [4.78, 5) is 47.4. The third kappa shape index (κ3) is 4.50. The minimum absolute atomic E-state index is 0.0605. The molecule has 2 rings (SSSR count). The molecule has 0 radical (unpaired) electrons. The maximum absolute atomic E-state index is 12.3. The molecule has 0 spiro atoms. The van der Waals surface area contributed by atoms with Gasteiger partial charge in [0.25, 0.3) is 0 Å². The van der Waals surface area contributed by atoms with Gasteiger partial charge in [0, 0.05) is 6.20 Å². The van der Waals surface area contributed by atoms with Crippen molar-refractivity contribution in [1.82, 2.24) is 9.78 Å². The summed E-state index contributed by atoms with van der Waals surface area (Å²) in [7, 11) is 1.19. The molecule has 0 aliphatic rings. The van der Waals surface area contributed by atoms with Gasteiger partial charge in [0.1, 0.15) is 16.4 Å². The largest absolute Gasteiger partial charge is 0.478 e. The topological polar surface area (TPSA) is 137 Å². The lowest BCUT2D eigenvalue weighted by Crippen LogP contribution is -2.20. The summed E-state index contributed by atoms with van der Waals surface area (Å²) in [5, 5.41) is 15.3. The Bertz CT molecular complexity index is 900. The number of hydrogen-bond donors (Lipinski definition) is 2. The van der Waals surface area contributed by atoms with Gasteiger partial charge in [-0.05, 0) is 19.4 Å². The van der Waals surface area contributed by atoms with E-state index in [-0.39, 0.29) is 34.2 Å². The van der Waals surface area contributed by atoms with Crippen LogP contribution < -0.4 is 5.32 Å². The van der Waals surface area contributed by atoms with Crippen LogP contribution in [0.5, 0.6) is 0 Å². The van der Waals surface area contributed by atoms with Crippen molar-refractivity contribution in [3.05, 3.63) is 34.0 Å². The minimum atomic E-state index is -1.16. The normalized spacial score (nSPS) is 10.3. The molecule has 10 nitrogen and oxygen atoms in total. The van der Waals surface area contributed by atoms with E-state index in [9.17, 15) is 19.2 Å². The molecule has 11 heteroatoms. The van der Waals surface area contributed by atoms with Crippen LogP contribution in [0.1, 0.15) is 42.9 Å². The predicted molar refractivity (Wildman–Crippen MR) is 94.2 cm³/mol. The average Bonchev–Trinajstić information content (AvgIpc) is 3.19. The molecule has 144 valence electrons. The highest BCUT2D eigenvalue weighted by Gasteiger charge is 2.27. The van der Waals surface area contributed by atoms with Gasteiger partial charge < -0.3 is 19.9 Å². The van der Waals surface area contributed by atoms with Crippen molar-refractivity contribution in [2.75, 3.05) is 19.0 Å². The Morgan fingerprint density at radius 1 is 1.30 bits per heavy atom. The number of aromatic carboxylic acids is 1. The van der Waals surface area contributed by atoms with Crippen LogP contribution in [0.25, 0.3) is 0 Å². The molecule has 0 unspecified atom stereocenters. The number of ether oxygens (including phenoxy) is 2. The number of rotatable bonds is 7. The number of amides is 1. The van der Waals surface area contributed by atoms with Crippen molar-refractivity contribution in [3.63, 3.8) is 0 Å². The van der Waals surface area contributed by atoms with Crippen LogP contribution >= 0.6 is 11.3 Å². The lowest BCUT2D eigenvalue weighted by molar-refractivity contribution is -0.116. The molecule has 2 heterocycles. The average molecular weight is 395 g/mol. The Morgan fingerprint density at radius 3 is 2.56 bits per heavy atom. The fourth-order valence-electron chi connectivity index (χ4n) is 2.21. The summed E-state index contributed by atoms with van der Waals surface area (Å²) in [6.45, 7) is 3.09. The van der Waals surface area contributed by atoms with Crippen LogP contribution in [0, 0.1) is 6.92 Å². The Balaban J connectivity index is 2.26. The highest BCUT2D eigenvalue weighted by Crippen LogP contribution is 2.34. The smallest absolute Gasteiger partial charge is 0.348 e. The first-order chi connectivity index (χ1) is 12.8. The van der Waals surface area contributed by atoms with Gasteiger partial charge in [-0.15, -0.1) is 11.3 Å². The number of methoxy groups -OCH3 is 1.